The van der Waals surface area contributed by atoms with Crippen LogP contribution in [0.1, 0.15) is 22.3 Å². The van der Waals surface area contributed by atoms with Gasteiger partial charge in [0.2, 0.25) is 0 Å². The molecule has 5 heterocycles. The molecule has 0 fully saturated rings. The summed E-state index contributed by atoms with van der Waals surface area (Å²) in [6, 6.07) is 41.6. The van der Waals surface area contributed by atoms with Crippen molar-refractivity contribution in [1.82, 2.24) is 0 Å². The fourth-order valence-corrected chi connectivity index (χ4v) is 6.69. The van der Waals surface area contributed by atoms with Crippen molar-refractivity contribution < 1.29 is 17.1 Å². The summed E-state index contributed by atoms with van der Waals surface area (Å²) in [5.41, 5.74) is 15.0. The second-order valence-corrected chi connectivity index (χ2v) is 11.8. The Hall–Kier alpha value is -6.00. The molecular formula is C44H28MnN4. The minimum atomic E-state index is 0. The number of hydrogen-bond donors (Lipinski definition) is 0. The van der Waals surface area contributed by atoms with Crippen LogP contribution in [0.15, 0.2) is 213 Å². The molecule has 1 radical (unpaired) electrons. The topological polar surface area (TPSA) is 49.4 Å². The Balaban J connectivity index is 0.00000348. The summed E-state index contributed by atoms with van der Waals surface area (Å²) in [7, 11) is 0. The van der Waals surface area contributed by atoms with Gasteiger partial charge in [0.25, 0.3) is 0 Å². The van der Waals surface area contributed by atoms with E-state index in [0.717, 1.165) is 90.2 Å². The van der Waals surface area contributed by atoms with E-state index in [1.54, 1.807) is 0 Å². The van der Waals surface area contributed by atoms with Crippen LogP contribution in [-0.2, 0) is 17.1 Å². The quantitative estimate of drug-likeness (QED) is 0.195. The molecule has 0 atom stereocenters. The number of rotatable bonds is 4. The molecule has 5 aliphatic rings. The first kappa shape index (κ1) is 30.3. The van der Waals surface area contributed by atoms with E-state index in [1.165, 1.54) is 0 Å². The average Bonchev–Trinajstić information content (AvgIpc) is 3.98. The summed E-state index contributed by atoms with van der Waals surface area (Å²) in [6.07, 6.45) is 16.8. The van der Waals surface area contributed by atoms with Crippen LogP contribution in [-0.4, -0.2) is 22.8 Å². The summed E-state index contributed by atoms with van der Waals surface area (Å²) >= 11 is 0. The molecule has 5 heteroatoms. The van der Waals surface area contributed by atoms with Crippen molar-refractivity contribution in [1.29, 1.82) is 0 Å². The number of hydrogen-bond acceptors (Lipinski definition) is 4. The summed E-state index contributed by atoms with van der Waals surface area (Å²) in [4.78, 5) is 21.2. The fourth-order valence-electron chi connectivity index (χ4n) is 6.69. The van der Waals surface area contributed by atoms with E-state index < -0.39 is 0 Å². The van der Waals surface area contributed by atoms with Crippen LogP contribution in [0.3, 0.4) is 0 Å². The number of benzene rings is 4. The predicted octanol–water partition coefficient (Wildman–Crippen LogP) is 9.69. The van der Waals surface area contributed by atoms with E-state index in [4.69, 9.17) is 20.0 Å². The molecule has 4 nitrogen and oxygen atoms in total. The van der Waals surface area contributed by atoms with Crippen LogP contribution < -0.4 is 0 Å². The van der Waals surface area contributed by atoms with Crippen LogP contribution in [0.2, 0.25) is 0 Å². The Labute approximate surface area is 296 Å². The molecule has 0 unspecified atom stereocenters. The zero-order chi connectivity index (χ0) is 31.9. The number of fused-ring (bicyclic) bond motifs is 4. The van der Waals surface area contributed by atoms with Crippen LogP contribution in [0.25, 0.3) is 22.3 Å². The Morgan fingerprint density at radius 1 is 0.245 bits per heavy atom. The molecule has 9 rings (SSSR count). The maximum absolute atomic E-state index is 5.31. The summed E-state index contributed by atoms with van der Waals surface area (Å²) in [6.45, 7) is 0. The van der Waals surface area contributed by atoms with Gasteiger partial charge in [-0.3, -0.25) is 0 Å². The van der Waals surface area contributed by atoms with Crippen LogP contribution in [0, 0.1) is 0 Å². The van der Waals surface area contributed by atoms with Gasteiger partial charge in [0, 0.05) is 39.4 Å². The van der Waals surface area contributed by atoms with Gasteiger partial charge in [0.1, 0.15) is 0 Å². The minimum absolute atomic E-state index is 0. The normalized spacial score (nSPS) is 17.5. The van der Waals surface area contributed by atoms with Crippen molar-refractivity contribution in [3.05, 3.63) is 215 Å². The molecular weight excluding hydrogens is 639 g/mol. The first-order chi connectivity index (χ1) is 23.8. The summed E-state index contributed by atoms with van der Waals surface area (Å²) in [5, 5.41) is 0. The molecule has 0 aromatic heterocycles. The van der Waals surface area contributed by atoms with Crippen molar-refractivity contribution >= 4 is 45.1 Å². The molecule has 4 aromatic rings. The van der Waals surface area contributed by atoms with E-state index >= 15 is 0 Å². The zero-order valence-corrected chi connectivity index (χ0v) is 27.5. The fraction of sp³-hybridized carbons (Fsp3) is 0. The van der Waals surface area contributed by atoms with Gasteiger partial charge in [-0.2, -0.15) is 0 Å². The number of aliphatic imine (C=N–C) groups is 4. The van der Waals surface area contributed by atoms with Crippen LogP contribution in [0.4, 0.5) is 0 Å². The molecule has 231 valence electrons. The van der Waals surface area contributed by atoms with Crippen molar-refractivity contribution in [3.8, 4) is 0 Å². The molecule has 49 heavy (non-hydrogen) atoms. The Morgan fingerprint density at radius 2 is 0.449 bits per heavy atom. The molecule has 0 saturated carbocycles. The largest absolute Gasteiger partial charge is 0.248 e. The SMILES string of the molecule is C1=CC2=C(c3ccccc3)C3=NC(=C(c4ccccc4)C4=NC(=C(c5ccccc5)C5=NC(=C(c6ccccc6)C1=N2)C=C5)C=C4)C=C3.[Mn]. The zero-order valence-electron chi connectivity index (χ0n) is 26.3. The van der Waals surface area contributed by atoms with Crippen molar-refractivity contribution in [2.24, 2.45) is 20.0 Å². The van der Waals surface area contributed by atoms with Crippen molar-refractivity contribution in [2.45, 2.75) is 0 Å². The smallest absolute Gasteiger partial charge is 0.0738 e. The van der Waals surface area contributed by atoms with E-state index in [2.05, 4.69) is 146 Å². The maximum atomic E-state index is 5.31. The van der Waals surface area contributed by atoms with Crippen molar-refractivity contribution in [3.63, 3.8) is 0 Å². The molecule has 0 amide bonds. The average molecular weight is 668 g/mol. The monoisotopic (exact) mass is 667 g/mol. The standard InChI is InChI=1S/C44H28N4.Mn/c1-5-13-29(14-6-1)41-33-21-23-35(45-33)42(30-15-7-2-8-16-30)37-25-27-39(47-37)44(32-19-11-4-12-20-32)40-28-26-38(48-40)43(31-17-9-3-10-18-31)36-24-22-34(41)46-36;/h1-28H;. The third-order valence-electron chi connectivity index (χ3n) is 8.86. The third kappa shape index (κ3) is 5.55. The van der Waals surface area contributed by atoms with Crippen molar-refractivity contribution in [2.75, 3.05) is 0 Å². The number of allylic oxidation sites excluding steroid dienone is 12. The van der Waals surface area contributed by atoms with E-state index in [0.29, 0.717) is 0 Å². The van der Waals surface area contributed by atoms with Gasteiger partial charge in [0.05, 0.1) is 45.6 Å². The molecule has 8 bridgehead atoms. The Bertz CT molecular complexity index is 2040. The van der Waals surface area contributed by atoms with Gasteiger partial charge >= 0.3 is 0 Å². The predicted molar refractivity (Wildman–Crippen MR) is 200 cm³/mol. The molecule has 0 N–H and O–H groups in total. The van der Waals surface area contributed by atoms with E-state index in [-0.39, 0.29) is 17.1 Å². The summed E-state index contributed by atoms with van der Waals surface area (Å²) < 4.78 is 0. The molecule has 0 spiro atoms. The maximum Gasteiger partial charge on any atom is 0.0738 e. The molecule has 0 aliphatic carbocycles. The first-order valence-corrected chi connectivity index (χ1v) is 16.1. The van der Waals surface area contributed by atoms with E-state index in [1.807, 2.05) is 24.3 Å². The van der Waals surface area contributed by atoms with Gasteiger partial charge < -0.3 is 0 Å². The molecule has 5 aliphatic heterocycles. The minimum Gasteiger partial charge on any atom is -0.248 e. The number of nitrogens with zero attached hydrogens (tertiary/aromatic N) is 4. The van der Waals surface area contributed by atoms with Gasteiger partial charge in [-0.1, -0.05) is 121 Å². The van der Waals surface area contributed by atoms with Crippen LogP contribution in [0.5, 0.6) is 0 Å². The first-order valence-electron chi connectivity index (χ1n) is 16.1. The summed E-state index contributed by atoms with van der Waals surface area (Å²) in [5.74, 6) is 0. The second-order valence-electron chi connectivity index (χ2n) is 11.8. The third-order valence-corrected chi connectivity index (χ3v) is 8.86. The van der Waals surface area contributed by atoms with Gasteiger partial charge in [-0.05, 0) is 70.9 Å². The van der Waals surface area contributed by atoms with E-state index in [9.17, 15) is 0 Å². The Kier molecular flexibility index (Phi) is 7.98. The van der Waals surface area contributed by atoms with Crippen LogP contribution >= 0.6 is 0 Å². The van der Waals surface area contributed by atoms with Gasteiger partial charge in [-0.25, -0.2) is 20.0 Å². The molecule has 0 saturated heterocycles. The van der Waals surface area contributed by atoms with Gasteiger partial charge in [-0.15, -0.1) is 0 Å². The second kappa shape index (κ2) is 12.9. The van der Waals surface area contributed by atoms with Gasteiger partial charge in [0.15, 0.2) is 0 Å². The Morgan fingerprint density at radius 3 is 0.653 bits per heavy atom. The molecule has 4 aromatic carbocycles.